The summed E-state index contributed by atoms with van der Waals surface area (Å²) in [5, 5.41) is 18.8. The average Bonchev–Trinajstić information content (AvgIpc) is 2.86. The normalized spacial score (nSPS) is 26.6. The van der Waals surface area contributed by atoms with Crippen molar-refractivity contribution in [2.75, 3.05) is 12.3 Å². The fourth-order valence-electron chi connectivity index (χ4n) is 2.73. The number of aliphatic hydroxyl groups is 2. The monoisotopic (exact) mass is 335 g/mol. The number of anilines is 1. The van der Waals surface area contributed by atoms with Crippen LogP contribution in [-0.4, -0.2) is 44.8 Å². The first kappa shape index (κ1) is 16.6. The summed E-state index contributed by atoms with van der Waals surface area (Å²) in [7, 11) is 0. The van der Waals surface area contributed by atoms with Gasteiger partial charge in [0.25, 0.3) is 0 Å². The molecule has 3 rings (SSSR count). The topological polar surface area (TPSA) is 111 Å². The molecule has 0 unspecified atom stereocenters. The Labute approximate surface area is 137 Å². The van der Waals surface area contributed by atoms with Crippen molar-refractivity contribution in [2.24, 2.45) is 0 Å². The van der Waals surface area contributed by atoms with Crippen LogP contribution in [0.15, 0.2) is 41.3 Å². The lowest BCUT2D eigenvalue weighted by Crippen LogP contribution is -2.34. The second-order valence-corrected chi connectivity index (χ2v) is 5.69. The Hall–Kier alpha value is -2.29. The van der Waals surface area contributed by atoms with Gasteiger partial charge in [-0.2, -0.15) is 4.98 Å². The van der Waals surface area contributed by atoms with Crippen LogP contribution in [0.3, 0.4) is 0 Å². The van der Waals surface area contributed by atoms with Gasteiger partial charge in [0.2, 0.25) is 0 Å². The predicted octanol–water partition coefficient (Wildman–Crippen LogP) is 0.00500. The number of nitrogens with zero attached hydrogens (tertiary/aromatic N) is 2. The summed E-state index contributed by atoms with van der Waals surface area (Å²) in [6, 6.07) is 9.40. The van der Waals surface area contributed by atoms with Gasteiger partial charge in [-0.05, 0) is 5.56 Å². The molecule has 4 N–H and O–H groups in total. The second-order valence-electron chi connectivity index (χ2n) is 5.69. The van der Waals surface area contributed by atoms with E-state index in [1.54, 1.807) is 0 Å². The van der Waals surface area contributed by atoms with Crippen molar-refractivity contribution in [3.8, 4) is 0 Å². The summed E-state index contributed by atoms with van der Waals surface area (Å²) in [6.07, 6.45) is -4.01. The van der Waals surface area contributed by atoms with Crippen molar-refractivity contribution in [3.63, 3.8) is 0 Å². The van der Waals surface area contributed by atoms with Gasteiger partial charge in [0, 0.05) is 18.2 Å². The van der Waals surface area contributed by atoms with Gasteiger partial charge in [0.15, 0.2) is 12.4 Å². The molecule has 2 aromatic rings. The van der Waals surface area contributed by atoms with Gasteiger partial charge in [-0.15, -0.1) is 0 Å². The smallest absolute Gasteiger partial charge is 0.351 e. The number of aliphatic hydroxyl groups excluding tert-OH is 2. The van der Waals surface area contributed by atoms with E-state index in [-0.39, 0.29) is 5.82 Å². The summed E-state index contributed by atoms with van der Waals surface area (Å²) in [4.78, 5) is 15.8. The van der Waals surface area contributed by atoms with Crippen LogP contribution in [0.25, 0.3) is 0 Å². The largest absolute Gasteiger partial charge is 0.394 e. The molecule has 1 aliphatic rings. The zero-order valence-electron chi connectivity index (χ0n) is 12.7. The van der Waals surface area contributed by atoms with Crippen molar-refractivity contribution < 1.29 is 19.3 Å². The molecule has 0 radical (unpaired) electrons. The maximum absolute atomic E-state index is 14.2. The maximum Gasteiger partial charge on any atom is 0.351 e. The molecule has 0 aliphatic carbocycles. The van der Waals surface area contributed by atoms with E-state index in [4.69, 9.17) is 15.6 Å². The van der Waals surface area contributed by atoms with E-state index in [2.05, 4.69) is 4.98 Å². The van der Waals surface area contributed by atoms with Crippen LogP contribution in [0, 0.1) is 0 Å². The molecule has 2 heterocycles. The highest BCUT2D eigenvalue weighted by Gasteiger charge is 2.45. The number of halogens is 1. The number of nitrogen functional groups attached to an aromatic ring is 1. The third kappa shape index (κ3) is 3.03. The average molecular weight is 335 g/mol. The quantitative estimate of drug-likeness (QED) is 0.726. The lowest BCUT2D eigenvalue weighted by molar-refractivity contribution is -0.0491. The minimum absolute atomic E-state index is 0.0627. The molecule has 0 spiro atoms. The summed E-state index contributed by atoms with van der Waals surface area (Å²) >= 11 is 0. The van der Waals surface area contributed by atoms with Crippen LogP contribution in [0.2, 0.25) is 0 Å². The van der Waals surface area contributed by atoms with Crippen LogP contribution in [-0.2, 0) is 11.2 Å². The van der Waals surface area contributed by atoms with E-state index < -0.39 is 36.9 Å². The molecular formula is C16H18FN3O4. The first-order valence-corrected chi connectivity index (χ1v) is 7.51. The van der Waals surface area contributed by atoms with Crippen molar-refractivity contribution in [1.82, 2.24) is 9.55 Å². The number of hydrogen-bond donors (Lipinski definition) is 3. The number of aromatic nitrogens is 2. The van der Waals surface area contributed by atoms with Crippen LogP contribution in [0.4, 0.5) is 10.2 Å². The van der Waals surface area contributed by atoms with E-state index in [1.807, 2.05) is 30.3 Å². The van der Waals surface area contributed by atoms with E-state index in [0.29, 0.717) is 12.0 Å². The number of benzene rings is 1. The highest BCUT2D eigenvalue weighted by atomic mass is 19.1. The molecule has 0 saturated carbocycles. The zero-order valence-corrected chi connectivity index (χ0v) is 12.7. The molecule has 128 valence electrons. The minimum Gasteiger partial charge on any atom is -0.394 e. The van der Waals surface area contributed by atoms with Gasteiger partial charge >= 0.3 is 5.69 Å². The number of alkyl halides is 1. The molecule has 1 saturated heterocycles. The zero-order chi connectivity index (χ0) is 17.3. The van der Waals surface area contributed by atoms with E-state index >= 15 is 0 Å². The first-order valence-electron chi connectivity index (χ1n) is 7.51. The Bertz CT molecular complexity index is 768. The Balaban J connectivity index is 1.94. The molecule has 1 aromatic heterocycles. The van der Waals surface area contributed by atoms with Gasteiger partial charge in [-0.3, -0.25) is 4.57 Å². The Morgan fingerprint density at radius 3 is 2.67 bits per heavy atom. The van der Waals surface area contributed by atoms with Gasteiger partial charge in [-0.1, -0.05) is 30.3 Å². The fourth-order valence-corrected chi connectivity index (χ4v) is 2.73. The van der Waals surface area contributed by atoms with Crippen molar-refractivity contribution in [2.45, 2.75) is 31.0 Å². The first-order chi connectivity index (χ1) is 11.5. The summed E-state index contributed by atoms with van der Waals surface area (Å²) in [5.41, 5.74) is 6.52. The molecule has 7 nitrogen and oxygen atoms in total. The van der Waals surface area contributed by atoms with Gasteiger partial charge in [0.1, 0.15) is 18.0 Å². The molecular weight excluding hydrogens is 317 g/mol. The predicted molar refractivity (Wildman–Crippen MR) is 84.1 cm³/mol. The maximum atomic E-state index is 14.2. The van der Waals surface area contributed by atoms with E-state index in [0.717, 1.165) is 10.1 Å². The van der Waals surface area contributed by atoms with Crippen LogP contribution in [0.5, 0.6) is 0 Å². The van der Waals surface area contributed by atoms with Gasteiger partial charge in [0.05, 0.1) is 6.61 Å². The SMILES string of the molecule is Nc1nc(=O)n([C@@H]2O[C@H](CO)[C@@H](O)[C@H]2F)cc1Cc1ccccc1. The van der Waals surface area contributed by atoms with Crippen LogP contribution < -0.4 is 11.4 Å². The molecule has 8 heteroatoms. The third-order valence-corrected chi connectivity index (χ3v) is 4.05. The standard InChI is InChI=1S/C16H18FN3O4/c17-12-13(22)11(8-21)24-15(12)20-7-10(14(18)19-16(20)23)6-9-4-2-1-3-5-9/h1-5,7,11-13,15,21-22H,6,8H2,(H2,18,19,23)/t11-,12-,13-,15-/m1/s1. The molecule has 24 heavy (non-hydrogen) atoms. The number of ether oxygens (including phenoxy) is 1. The van der Waals surface area contributed by atoms with Crippen LogP contribution in [0.1, 0.15) is 17.4 Å². The van der Waals surface area contributed by atoms with Crippen molar-refractivity contribution in [1.29, 1.82) is 0 Å². The molecule has 4 atom stereocenters. The second kappa shape index (κ2) is 6.68. The van der Waals surface area contributed by atoms with Gasteiger partial charge < -0.3 is 20.7 Å². The molecule has 1 aliphatic heterocycles. The Kier molecular flexibility index (Phi) is 4.61. The lowest BCUT2D eigenvalue weighted by atomic mass is 10.1. The molecule has 0 bridgehead atoms. The molecule has 1 fully saturated rings. The fraction of sp³-hybridized carbons (Fsp3) is 0.375. The summed E-state index contributed by atoms with van der Waals surface area (Å²) in [6.45, 7) is -0.549. The highest BCUT2D eigenvalue weighted by molar-refractivity contribution is 5.40. The lowest BCUT2D eigenvalue weighted by Gasteiger charge is -2.17. The number of nitrogens with two attached hydrogens (primary N) is 1. The Morgan fingerprint density at radius 1 is 1.33 bits per heavy atom. The van der Waals surface area contributed by atoms with E-state index in [9.17, 15) is 14.3 Å². The summed E-state index contributed by atoms with van der Waals surface area (Å²) in [5.74, 6) is 0.0627. The Morgan fingerprint density at radius 2 is 2.04 bits per heavy atom. The van der Waals surface area contributed by atoms with Crippen LogP contribution >= 0.6 is 0 Å². The summed E-state index contributed by atoms with van der Waals surface area (Å²) < 4.78 is 20.5. The molecule has 1 aromatic carbocycles. The highest BCUT2D eigenvalue weighted by Crippen LogP contribution is 2.31. The number of rotatable bonds is 4. The van der Waals surface area contributed by atoms with Crippen molar-refractivity contribution in [3.05, 3.63) is 58.1 Å². The van der Waals surface area contributed by atoms with E-state index in [1.165, 1.54) is 6.20 Å². The molecule has 0 amide bonds. The number of hydrogen-bond acceptors (Lipinski definition) is 6. The van der Waals surface area contributed by atoms with Gasteiger partial charge in [-0.25, -0.2) is 9.18 Å². The van der Waals surface area contributed by atoms with Crippen molar-refractivity contribution >= 4 is 5.82 Å². The third-order valence-electron chi connectivity index (χ3n) is 4.05. The minimum atomic E-state index is -1.85.